The van der Waals surface area contributed by atoms with Crippen molar-refractivity contribution in [2.75, 3.05) is 18.1 Å². The summed E-state index contributed by atoms with van der Waals surface area (Å²) in [6, 6.07) is 21.6. The third-order valence-corrected chi connectivity index (χ3v) is 9.23. The molecule has 4 heterocycles. The molecule has 2 aliphatic rings. The number of ketones is 1. The molecule has 1 fully saturated rings. The number of Topliss-reactive ketones (excluding diaryl/α,β-unsaturated/α-hetero) is 1. The molecule has 5 aromatic rings. The van der Waals surface area contributed by atoms with Crippen molar-refractivity contribution in [2.45, 2.75) is 23.1 Å². The maximum atomic E-state index is 13.5. The van der Waals surface area contributed by atoms with Crippen LogP contribution in [0.5, 0.6) is 11.5 Å². The van der Waals surface area contributed by atoms with E-state index in [4.69, 9.17) is 13.9 Å². The molecule has 1 unspecified atom stereocenters. The molecule has 3 aromatic carbocycles. The summed E-state index contributed by atoms with van der Waals surface area (Å²) in [5, 5.41) is 22.6. The van der Waals surface area contributed by atoms with Gasteiger partial charge in [0.15, 0.2) is 15.8 Å². The number of hydrogen-bond donors (Lipinski definition) is 1. The molecule has 42 heavy (non-hydrogen) atoms. The molecule has 0 aliphatic carbocycles. The number of aryl methyl sites for hydroxylation is 1. The van der Waals surface area contributed by atoms with E-state index in [1.807, 2.05) is 18.2 Å². The summed E-state index contributed by atoms with van der Waals surface area (Å²) in [5.41, 5.74) is 1.36. The molecule has 1 N–H and O–H groups in total. The van der Waals surface area contributed by atoms with E-state index >= 15 is 0 Å². The van der Waals surface area contributed by atoms with Crippen LogP contribution in [0.4, 0.5) is 5.13 Å². The van der Waals surface area contributed by atoms with Crippen LogP contribution < -0.4 is 14.4 Å². The third kappa shape index (κ3) is 4.60. The summed E-state index contributed by atoms with van der Waals surface area (Å²) in [4.78, 5) is 28.2. The van der Waals surface area contributed by atoms with Crippen molar-refractivity contribution in [3.63, 3.8) is 0 Å². The highest BCUT2D eigenvalue weighted by Gasteiger charge is 2.50. The normalized spacial score (nSPS) is 17.7. The molecular formula is C31H23N3O6S2. The van der Waals surface area contributed by atoms with Crippen molar-refractivity contribution < 1.29 is 28.6 Å². The average Bonchev–Trinajstić information content (AvgIpc) is 3.73. The van der Waals surface area contributed by atoms with Crippen LogP contribution in [-0.4, -0.2) is 40.2 Å². The predicted octanol–water partition coefficient (Wildman–Crippen LogP) is 6.28. The molecular weight excluding hydrogens is 574 g/mol. The predicted molar refractivity (Wildman–Crippen MR) is 159 cm³/mol. The molecule has 1 saturated heterocycles. The van der Waals surface area contributed by atoms with Crippen molar-refractivity contribution in [2.24, 2.45) is 0 Å². The Hall–Kier alpha value is -4.61. The van der Waals surface area contributed by atoms with Gasteiger partial charge in [0.05, 0.1) is 5.57 Å². The molecule has 0 bridgehead atoms. The Morgan fingerprint density at radius 2 is 1.81 bits per heavy atom. The smallest absolute Gasteiger partial charge is 0.302 e. The van der Waals surface area contributed by atoms with Crippen LogP contribution in [0.1, 0.15) is 28.7 Å². The second-order valence-corrected chi connectivity index (χ2v) is 11.9. The number of rotatable bonds is 6. The number of carbonyl (C=O) groups excluding carboxylic acids is 2. The van der Waals surface area contributed by atoms with E-state index < -0.39 is 17.7 Å². The van der Waals surface area contributed by atoms with Crippen molar-refractivity contribution >= 4 is 56.5 Å². The van der Waals surface area contributed by atoms with Crippen LogP contribution in [0, 0.1) is 6.92 Å². The van der Waals surface area contributed by atoms with Gasteiger partial charge in [0.25, 0.3) is 5.78 Å². The summed E-state index contributed by atoms with van der Waals surface area (Å²) in [6.07, 6.45) is 0. The molecule has 1 amide bonds. The van der Waals surface area contributed by atoms with Gasteiger partial charge in [0.1, 0.15) is 36.5 Å². The lowest BCUT2D eigenvalue weighted by Gasteiger charge is -2.21. The molecule has 0 radical (unpaired) electrons. The second-order valence-electron chi connectivity index (χ2n) is 9.75. The number of fused-ring (bicyclic) bond motifs is 2. The summed E-state index contributed by atoms with van der Waals surface area (Å²) in [6.45, 7) is 2.56. The topological polar surface area (TPSA) is 115 Å². The first-order chi connectivity index (χ1) is 20.5. The van der Waals surface area contributed by atoms with Crippen LogP contribution in [0.3, 0.4) is 0 Å². The average molecular weight is 598 g/mol. The van der Waals surface area contributed by atoms with Gasteiger partial charge in [0, 0.05) is 11.3 Å². The number of anilines is 1. The molecule has 0 spiro atoms. The van der Waals surface area contributed by atoms with Crippen molar-refractivity contribution in [1.82, 2.24) is 10.2 Å². The Morgan fingerprint density at radius 1 is 1.00 bits per heavy atom. The molecule has 11 heteroatoms. The number of ether oxygens (including phenoxy) is 2. The minimum absolute atomic E-state index is 0.105. The minimum Gasteiger partial charge on any atom is -0.507 e. The van der Waals surface area contributed by atoms with E-state index in [0.29, 0.717) is 51.9 Å². The fourth-order valence-electron chi connectivity index (χ4n) is 5.16. The molecule has 9 nitrogen and oxygen atoms in total. The van der Waals surface area contributed by atoms with E-state index in [1.165, 1.54) is 28.0 Å². The number of hydrogen-bond acceptors (Lipinski definition) is 10. The van der Waals surface area contributed by atoms with Crippen LogP contribution in [0.15, 0.2) is 87.1 Å². The zero-order chi connectivity index (χ0) is 28.8. The summed E-state index contributed by atoms with van der Waals surface area (Å²) in [7, 11) is 0. The highest BCUT2D eigenvalue weighted by molar-refractivity contribution is 8.00. The number of aromatic nitrogens is 2. The number of benzene rings is 3. The molecule has 0 saturated carbocycles. The SMILES string of the molecule is Cc1ccc(C2/C(=C(\O)c3ccc4c(c3)OCCO4)C(=O)C(=O)N2c2nnc(SCc3cccc4ccccc34)s2)o1. The van der Waals surface area contributed by atoms with Gasteiger partial charge in [-0.05, 0) is 53.6 Å². The van der Waals surface area contributed by atoms with Gasteiger partial charge in [-0.2, -0.15) is 0 Å². The number of aliphatic hydroxyl groups is 1. The summed E-state index contributed by atoms with van der Waals surface area (Å²) < 4.78 is 17.8. The summed E-state index contributed by atoms with van der Waals surface area (Å²) in [5.74, 6) is 0.545. The molecule has 7 rings (SSSR count). The Bertz CT molecular complexity index is 1890. The summed E-state index contributed by atoms with van der Waals surface area (Å²) >= 11 is 2.70. The maximum absolute atomic E-state index is 13.5. The van der Waals surface area contributed by atoms with Gasteiger partial charge in [0.2, 0.25) is 5.13 Å². The van der Waals surface area contributed by atoms with E-state index in [2.05, 4.69) is 34.5 Å². The van der Waals surface area contributed by atoms with Gasteiger partial charge >= 0.3 is 5.91 Å². The third-order valence-electron chi connectivity index (χ3n) is 7.12. The fourth-order valence-corrected chi connectivity index (χ4v) is 7.03. The number of thioether (sulfide) groups is 1. The Morgan fingerprint density at radius 3 is 2.64 bits per heavy atom. The van der Waals surface area contributed by atoms with Crippen LogP contribution in [0.25, 0.3) is 16.5 Å². The quantitative estimate of drug-likeness (QED) is 0.0794. The lowest BCUT2D eigenvalue weighted by Crippen LogP contribution is -2.29. The van der Waals surface area contributed by atoms with Gasteiger partial charge in [-0.15, -0.1) is 10.2 Å². The Kier molecular flexibility index (Phi) is 6.67. The van der Waals surface area contributed by atoms with Crippen LogP contribution >= 0.6 is 23.1 Å². The first kappa shape index (κ1) is 26.3. The second kappa shape index (κ2) is 10.7. The van der Waals surface area contributed by atoms with E-state index in [9.17, 15) is 14.7 Å². The van der Waals surface area contributed by atoms with Crippen LogP contribution in [0.2, 0.25) is 0 Å². The van der Waals surface area contributed by atoms with Crippen molar-refractivity contribution in [3.8, 4) is 11.5 Å². The van der Waals surface area contributed by atoms with Crippen LogP contribution in [-0.2, 0) is 15.3 Å². The Balaban J connectivity index is 1.24. The van der Waals surface area contributed by atoms with Gasteiger partial charge in [-0.3, -0.25) is 14.5 Å². The largest absolute Gasteiger partial charge is 0.507 e. The van der Waals surface area contributed by atoms with E-state index in [-0.39, 0.29) is 16.5 Å². The standard InChI is InChI=1S/C31H23N3O6S2/c1-17-9-11-23(40-17)26-25(27(35)19-10-12-22-24(15-19)39-14-13-38-22)28(36)29(37)34(26)30-32-33-31(42-30)41-16-20-7-4-6-18-5-2-3-8-21(18)20/h2-12,15,26,35H,13-14,16H2,1H3/b27-25+. The Labute approximate surface area is 248 Å². The van der Waals surface area contributed by atoms with E-state index in [1.54, 1.807) is 37.3 Å². The molecule has 210 valence electrons. The number of carbonyl (C=O) groups is 2. The maximum Gasteiger partial charge on any atom is 0.302 e. The lowest BCUT2D eigenvalue weighted by atomic mass is 9.99. The minimum atomic E-state index is -1.03. The van der Waals surface area contributed by atoms with E-state index in [0.717, 1.165) is 16.3 Å². The molecule has 2 aliphatic heterocycles. The number of nitrogens with zero attached hydrogens (tertiary/aromatic N) is 3. The van der Waals surface area contributed by atoms with Crippen molar-refractivity contribution in [3.05, 3.63) is 101 Å². The van der Waals surface area contributed by atoms with Gasteiger partial charge < -0.3 is 19.0 Å². The zero-order valence-electron chi connectivity index (χ0n) is 22.3. The molecule has 1 atom stereocenters. The first-order valence-electron chi connectivity index (χ1n) is 13.2. The monoisotopic (exact) mass is 597 g/mol. The van der Waals surface area contributed by atoms with Gasteiger partial charge in [-0.1, -0.05) is 65.6 Å². The number of furan rings is 1. The zero-order valence-corrected chi connectivity index (χ0v) is 23.9. The first-order valence-corrected chi connectivity index (χ1v) is 15.0. The van der Waals surface area contributed by atoms with Gasteiger partial charge in [-0.25, -0.2) is 0 Å². The highest BCUT2D eigenvalue weighted by atomic mass is 32.2. The number of amides is 1. The van der Waals surface area contributed by atoms with Crippen molar-refractivity contribution in [1.29, 1.82) is 0 Å². The molecule has 2 aromatic heterocycles. The highest BCUT2D eigenvalue weighted by Crippen LogP contribution is 2.45. The lowest BCUT2D eigenvalue weighted by molar-refractivity contribution is -0.132. The number of aliphatic hydroxyl groups excluding tert-OH is 1. The fraction of sp³-hybridized carbons (Fsp3) is 0.161.